The molecule has 7 heteroatoms. The zero-order chi connectivity index (χ0) is 20.5. The number of hydrogen-bond donors (Lipinski definition) is 1. The molecule has 3 aromatic heterocycles. The molecule has 0 saturated heterocycles. The lowest BCUT2D eigenvalue weighted by Gasteiger charge is -2.21. The van der Waals surface area contributed by atoms with Crippen molar-refractivity contribution in [2.75, 3.05) is 5.73 Å². The third-order valence-corrected chi connectivity index (χ3v) is 5.92. The Labute approximate surface area is 179 Å². The zero-order valence-corrected chi connectivity index (χ0v) is 17.2. The van der Waals surface area contributed by atoms with Crippen molar-refractivity contribution in [2.24, 2.45) is 0 Å². The summed E-state index contributed by atoms with van der Waals surface area (Å²) < 4.78 is 8.06. The Balaban J connectivity index is 1.44. The van der Waals surface area contributed by atoms with Gasteiger partial charge in [0.1, 0.15) is 5.82 Å². The summed E-state index contributed by atoms with van der Waals surface area (Å²) in [5, 5.41) is 5.27. The van der Waals surface area contributed by atoms with Crippen LogP contribution in [0.15, 0.2) is 59.5 Å². The van der Waals surface area contributed by atoms with E-state index < -0.39 is 0 Å². The number of aromatic nitrogens is 4. The first-order chi connectivity index (χ1) is 14.7. The van der Waals surface area contributed by atoms with E-state index in [1.165, 1.54) is 32.1 Å². The van der Waals surface area contributed by atoms with Crippen molar-refractivity contribution >= 4 is 17.4 Å². The topological polar surface area (TPSA) is 82.8 Å². The van der Waals surface area contributed by atoms with Crippen LogP contribution in [0, 0.1) is 0 Å². The Morgan fingerprint density at radius 3 is 2.53 bits per heavy atom. The van der Waals surface area contributed by atoms with Crippen LogP contribution in [0.2, 0.25) is 5.02 Å². The van der Waals surface area contributed by atoms with E-state index >= 15 is 0 Å². The van der Waals surface area contributed by atoms with E-state index in [9.17, 15) is 0 Å². The van der Waals surface area contributed by atoms with Gasteiger partial charge in [-0.1, -0.05) is 30.9 Å². The number of nitrogen functional groups attached to an aromatic ring is 1. The Kier molecular flexibility index (Phi) is 5.01. The van der Waals surface area contributed by atoms with Crippen molar-refractivity contribution in [2.45, 2.75) is 38.1 Å². The fraction of sp³-hybridized carbons (Fsp3) is 0.261. The maximum Gasteiger partial charge on any atom is 0.230 e. The molecule has 30 heavy (non-hydrogen) atoms. The van der Waals surface area contributed by atoms with Gasteiger partial charge in [-0.25, -0.2) is 9.97 Å². The summed E-state index contributed by atoms with van der Waals surface area (Å²) in [4.78, 5) is 8.79. The van der Waals surface area contributed by atoms with E-state index in [1.807, 2.05) is 36.5 Å². The lowest BCUT2D eigenvalue weighted by molar-refractivity contribution is 0.329. The largest absolute Gasteiger partial charge is 0.436 e. The molecule has 3 heterocycles. The number of pyridine rings is 1. The van der Waals surface area contributed by atoms with Gasteiger partial charge in [-0.15, -0.1) is 0 Å². The molecule has 152 valence electrons. The Hall–Kier alpha value is -3.12. The second-order valence-corrected chi connectivity index (χ2v) is 8.13. The highest BCUT2D eigenvalue weighted by atomic mass is 35.5. The van der Waals surface area contributed by atoms with E-state index in [4.69, 9.17) is 21.8 Å². The molecule has 1 fully saturated rings. The number of nitrogens with two attached hydrogens (primary N) is 1. The van der Waals surface area contributed by atoms with Crippen LogP contribution in [-0.4, -0.2) is 19.7 Å². The predicted molar refractivity (Wildman–Crippen MR) is 118 cm³/mol. The van der Waals surface area contributed by atoms with Crippen molar-refractivity contribution in [3.05, 3.63) is 60.1 Å². The molecular formula is C23H22ClN5O. The summed E-state index contributed by atoms with van der Waals surface area (Å²) in [5.41, 5.74) is 9.65. The molecule has 0 atom stereocenters. The highest BCUT2D eigenvalue weighted by Gasteiger charge is 2.18. The van der Waals surface area contributed by atoms with Crippen molar-refractivity contribution < 1.29 is 4.42 Å². The maximum absolute atomic E-state index is 6.14. The van der Waals surface area contributed by atoms with Gasteiger partial charge >= 0.3 is 0 Å². The van der Waals surface area contributed by atoms with Crippen LogP contribution in [0.1, 0.15) is 38.1 Å². The van der Waals surface area contributed by atoms with Crippen LogP contribution < -0.4 is 5.73 Å². The second-order valence-electron chi connectivity index (χ2n) is 7.69. The average Bonchev–Trinajstić information content (AvgIpc) is 3.46. The number of halogens is 1. The van der Waals surface area contributed by atoms with Gasteiger partial charge in [-0.05, 0) is 43.2 Å². The Morgan fingerprint density at radius 2 is 1.73 bits per heavy atom. The van der Waals surface area contributed by atoms with E-state index in [-0.39, 0.29) is 0 Å². The molecule has 2 N–H and O–H groups in total. The summed E-state index contributed by atoms with van der Waals surface area (Å²) in [6.45, 7) is 0. The summed E-state index contributed by atoms with van der Waals surface area (Å²) in [6, 6.07) is 9.87. The monoisotopic (exact) mass is 419 g/mol. The highest BCUT2D eigenvalue weighted by Crippen LogP contribution is 2.33. The molecule has 4 aromatic rings. The van der Waals surface area contributed by atoms with Crippen LogP contribution in [-0.2, 0) is 0 Å². The third kappa shape index (κ3) is 3.71. The van der Waals surface area contributed by atoms with Crippen LogP contribution >= 0.6 is 11.6 Å². The van der Waals surface area contributed by atoms with Gasteiger partial charge in [0.15, 0.2) is 5.76 Å². The van der Waals surface area contributed by atoms with E-state index in [2.05, 4.69) is 25.9 Å². The van der Waals surface area contributed by atoms with E-state index in [0.29, 0.717) is 34.1 Å². The van der Waals surface area contributed by atoms with Crippen LogP contribution in [0.4, 0.5) is 5.82 Å². The molecule has 1 aliphatic rings. The maximum atomic E-state index is 6.14. The van der Waals surface area contributed by atoms with Gasteiger partial charge < -0.3 is 10.2 Å². The molecule has 6 nitrogen and oxygen atoms in total. The minimum Gasteiger partial charge on any atom is -0.436 e. The van der Waals surface area contributed by atoms with Gasteiger partial charge in [-0.2, -0.15) is 5.10 Å². The normalized spacial score (nSPS) is 14.8. The third-order valence-electron chi connectivity index (χ3n) is 5.67. The molecule has 0 amide bonds. The number of oxazole rings is 1. The number of hydrogen-bond acceptors (Lipinski definition) is 5. The zero-order valence-electron chi connectivity index (χ0n) is 16.5. The molecule has 0 spiro atoms. The van der Waals surface area contributed by atoms with E-state index in [1.54, 1.807) is 12.4 Å². The molecule has 0 bridgehead atoms. The van der Waals surface area contributed by atoms with Gasteiger partial charge in [0, 0.05) is 34.1 Å². The van der Waals surface area contributed by atoms with E-state index in [0.717, 1.165) is 16.7 Å². The SMILES string of the molecule is Nc1ncc(-c2cnn(C3CCCCC3)c2)cc1-c1ncc(-c2ccc(Cl)cc2)o1. The van der Waals surface area contributed by atoms with Crippen LogP contribution in [0.25, 0.3) is 33.9 Å². The van der Waals surface area contributed by atoms with Gasteiger partial charge in [0.25, 0.3) is 0 Å². The summed E-state index contributed by atoms with van der Waals surface area (Å²) >= 11 is 5.97. The van der Waals surface area contributed by atoms with Crippen molar-refractivity contribution in [3.8, 4) is 33.9 Å². The Bertz CT molecular complexity index is 1160. The summed E-state index contributed by atoms with van der Waals surface area (Å²) in [5.74, 6) is 1.46. The standard InChI is InChI=1S/C23H22ClN5O/c24-18-8-6-15(7-9-18)21-13-27-23(30-21)20-10-16(11-26-22(20)25)17-12-28-29(14-17)19-4-2-1-3-5-19/h6-14,19H,1-5H2,(H2,25,26). The number of benzene rings is 1. The van der Waals surface area contributed by atoms with Crippen LogP contribution in [0.3, 0.4) is 0 Å². The average molecular weight is 420 g/mol. The fourth-order valence-corrected chi connectivity index (χ4v) is 4.11. The second kappa shape index (κ2) is 7.95. The fourth-order valence-electron chi connectivity index (χ4n) is 3.98. The van der Waals surface area contributed by atoms with Crippen molar-refractivity contribution in [3.63, 3.8) is 0 Å². The van der Waals surface area contributed by atoms with Crippen molar-refractivity contribution in [1.29, 1.82) is 0 Å². The van der Waals surface area contributed by atoms with Gasteiger partial charge in [0.2, 0.25) is 5.89 Å². The molecule has 0 unspecified atom stereocenters. The smallest absolute Gasteiger partial charge is 0.230 e. The lowest BCUT2D eigenvalue weighted by atomic mass is 9.96. The van der Waals surface area contributed by atoms with Gasteiger partial charge in [-0.3, -0.25) is 4.68 Å². The Morgan fingerprint density at radius 1 is 0.933 bits per heavy atom. The first-order valence-electron chi connectivity index (χ1n) is 10.2. The number of rotatable bonds is 4. The molecule has 5 rings (SSSR count). The minimum atomic E-state index is 0.378. The summed E-state index contributed by atoms with van der Waals surface area (Å²) in [6.07, 6.45) is 13.7. The first kappa shape index (κ1) is 18.9. The lowest BCUT2D eigenvalue weighted by Crippen LogP contribution is -2.12. The predicted octanol–water partition coefficient (Wildman–Crippen LogP) is 6.01. The molecule has 1 aromatic carbocycles. The molecule has 0 aliphatic heterocycles. The molecule has 0 radical (unpaired) electrons. The molecular weight excluding hydrogens is 398 g/mol. The first-order valence-corrected chi connectivity index (χ1v) is 10.6. The number of nitrogens with zero attached hydrogens (tertiary/aromatic N) is 4. The highest BCUT2D eigenvalue weighted by molar-refractivity contribution is 6.30. The minimum absolute atomic E-state index is 0.378. The van der Waals surface area contributed by atoms with Crippen molar-refractivity contribution in [1.82, 2.24) is 19.7 Å². The molecule has 1 aliphatic carbocycles. The van der Waals surface area contributed by atoms with Gasteiger partial charge in [0.05, 0.1) is 24.0 Å². The van der Waals surface area contributed by atoms with Crippen LogP contribution in [0.5, 0.6) is 0 Å². The molecule has 1 saturated carbocycles. The number of anilines is 1. The quantitative estimate of drug-likeness (QED) is 0.438. The summed E-state index contributed by atoms with van der Waals surface area (Å²) in [7, 11) is 0.